The Morgan fingerprint density at radius 2 is 1.05 bits per heavy atom. The average Bonchev–Trinajstić information content (AvgIpc) is 3.22. The number of phosphoric ester groups is 1. The molecule has 0 heterocycles. The van der Waals surface area contributed by atoms with Crippen molar-refractivity contribution in [3.63, 3.8) is 0 Å². The molecule has 3 unspecified atom stereocenters. The number of unbranched alkanes of at least 4 members (excludes halogenated alkanes) is 19. The number of aliphatic hydroxyl groups excluding tert-OH is 2. The molecule has 0 spiro atoms. The van der Waals surface area contributed by atoms with Gasteiger partial charge >= 0.3 is 25.7 Å². The van der Waals surface area contributed by atoms with E-state index in [0.717, 1.165) is 38.5 Å². The topological polar surface area (TPSA) is 212 Å². The standard InChI is InChI=1S/C46H84NO12P/c1-3-5-7-9-11-13-15-17-18-19-20-21-23-25-27-29-31-35-45(51)59-40(38-57-60(54,55)58-39-41(47)46(52)53)37-56-44(50)36-32-34-43(49)42(48)33-30-28-26-24-22-16-14-12-10-8-6-4-2/h12,14,22,24,28,30,40-43,48-49H,3-11,13,15-21,23,25-27,29,31-39,47H2,1-2H3,(H,52,53)(H,54,55)/b14-12-,24-22-,30-28-/t40-,41+,42?,43?/m1/s1. The van der Waals surface area contributed by atoms with E-state index in [1.165, 1.54) is 103 Å². The first-order valence-electron chi connectivity index (χ1n) is 23.2. The molecule has 0 saturated carbocycles. The zero-order valence-corrected chi connectivity index (χ0v) is 38.2. The minimum absolute atomic E-state index is 0.0904. The highest BCUT2D eigenvalue weighted by molar-refractivity contribution is 7.47. The summed E-state index contributed by atoms with van der Waals surface area (Å²) in [6.45, 7) is 2.50. The average molecular weight is 874 g/mol. The number of ether oxygens (including phenoxy) is 2. The van der Waals surface area contributed by atoms with Gasteiger partial charge in [-0.3, -0.25) is 23.4 Å². The van der Waals surface area contributed by atoms with Crippen LogP contribution in [-0.2, 0) is 37.5 Å². The maximum absolute atomic E-state index is 12.7. The molecule has 0 saturated heterocycles. The van der Waals surface area contributed by atoms with Crippen LogP contribution in [0.5, 0.6) is 0 Å². The van der Waals surface area contributed by atoms with Gasteiger partial charge in [-0.1, -0.05) is 166 Å². The third-order valence-electron chi connectivity index (χ3n) is 10.1. The lowest BCUT2D eigenvalue weighted by atomic mass is 10.0. The fourth-order valence-electron chi connectivity index (χ4n) is 6.29. The van der Waals surface area contributed by atoms with Gasteiger partial charge in [-0.2, -0.15) is 0 Å². The molecule has 0 fully saturated rings. The predicted octanol–water partition coefficient (Wildman–Crippen LogP) is 10.3. The Balaban J connectivity index is 4.54. The van der Waals surface area contributed by atoms with Crippen LogP contribution in [0.1, 0.15) is 194 Å². The number of hydrogen-bond donors (Lipinski definition) is 5. The third-order valence-corrected chi connectivity index (χ3v) is 11.0. The van der Waals surface area contributed by atoms with E-state index < -0.39 is 69.9 Å². The van der Waals surface area contributed by atoms with Crippen molar-refractivity contribution in [2.45, 2.75) is 218 Å². The molecule has 0 rings (SSSR count). The van der Waals surface area contributed by atoms with Crippen LogP contribution in [0.15, 0.2) is 36.5 Å². The molecule has 0 aromatic carbocycles. The quantitative estimate of drug-likeness (QED) is 0.0167. The van der Waals surface area contributed by atoms with E-state index in [4.69, 9.17) is 24.8 Å². The second-order valence-corrected chi connectivity index (χ2v) is 17.3. The van der Waals surface area contributed by atoms with Gasteiger partial charge in [-0.25, -0.2) is 4.57 Å². The minimum atomic E-state index is -4.78. The summed E-state index contributed by atoms with van der Waals surface area (Å²) in [5, 5.41) is 29.6. The Kier molecular flexibility index (Phi) is 39.1. The summed E-state index contributed by atoms with van der Waals surface area (Å²) in [6.07, 6.45) is 36.6. The number of carboxylic acids is 1. The molecule has 0 aromatic heterocycles. The van der Waals surface area contributed by atoms with Crippen molar-refractivity contribution in [1.29, 1.82) is 0 Å². The molecule has 0 aromatic rings. The van der Waals surface area contributed by atoms with Gasteiger partial charge in [0.25, 0.3) is 0 Å². The van der Waals surface area contributed by atoms with E-state index >= 15 is 0 Å². The van der Waals surface area contributed by atoms with E-state index in [0.29, 0.717) is 6.42 Å². The van der Waals surface area contributed by atoms with Crippen LogP contribution in [0.25, 0.3) is 0 Å². The zero-order valence-electron chi connectivity index (χ0n) is 37.3. The molecule has 0 aliphatic heterocycles. The third kappa shape index (κ3) is 38.5. The van der Waals surface area contributed by atoms with Crippen molar-refractivity contribution in [3.05, 3.63) is 36.5 Å². The van der Waals surface area contributed by atoms with Crippen molar-refractivity contribution in [3.8, 4) is 0 Å². The summed E-state index contributed by atoms with van der Waals surface area (Å²) in [4.78, 5) is 46.1. The number of hydrogen-bond acceptors (Lipinski definition) is 11. The van der Waals surface area contributed by atoms with Crippen molar-refractivity contribution in [2.24, 2.45) is 5.73 Å². The molecule has 5 atom stereocenters. The maximum atomic E-state index is 12.7. The Morgan fingerprint density at radius 1 is 0.583 bits per heavy atom. The summed E-state index contributed by atoms with van der Waals surface area (Å²) >= 11 is 0. The molecule has 60 heavy (non-hydrogen) atoms. The lowest BCUT2D eigenvalue weighted by Gasteiger charge is -2.20. The second-order valence-electron chi connectivity index (χ2n) is 15.9. The van der Waals surface area contributed by atoms with Gasteiger partial charge in [0.05, 0.1) is 25.4 Å². The number of allylic oxidation sites excluding steroid dienone is 5. The van der Waals surface area contributed by atoms with E-state index in [1.54, 1.807) is 0 Å². The van der Waals surface area contributed by atoms with Gasteiger partial charge in [0.1, 0.15) is 12.6 Å². The number of carboxylic acid groups (broad SMARTS) is 1. The largest absolute Gasteiger partial charge is 0.480 e. The first-order chi connectivity index (χ1) is 28.9. The molecule has 0 radical (unpaired) electrons. The number of esters is 2. The summed E-state index contributed by atoms with van der Waals surface area (Å²) in [6, 6.07) is -1.56. The molecule has 13 nitrogen and oxygen atoms in total. The highest BCUT2D eigenvalue weighted by Gasteiger charge is 2.28. The van der Waals surface area contributed by atoms with Crippen LogP contribution < -0.4 is 5.73 Å². The molecule has 14 heteroatoms. The molecular weight excluding hydrogens is 789 g/mol. The van der Waals surface area contributed by atoms with Crippen molar-refractivity contribution < 1.29 is 57.7 Å². The Labute approximate surface area is 362 Å². The number of phosphoric acid groups is 1. The molecular formula is C46H84NO12P. The smallest absolute Gasteiger partial charge is 0.472 e. The van der Waals surface area contributed by atoms with Gasteiger partial charge in [0.2, 0.25) is 0 Å². The van der Waals surface area contributed by atoms with E-state index in [9.17, 15) is 34.1 Å². The highest BCUT2D eigenvalue weighted by Crippen LogP contribution is 2.43. The Bertz CT molecular complexity index is 1200. The van der Waals surface area contributed by atoms with Crippen molar-refractivity contribution in [2.75, 3.05) is 19.8 Å². The van der Waals surface area contributed by atoms with Gasteiger partial charge in [0.15, 0.2) is 6.10 Å². The van der Waals surface area contributed by atoms with Gasteiger partial charge in [0, 0.05) is 12.8 Å². The van der Waals surface area contributed by atoms with E-state index in [2.05, 4.69) is 42.7 Å². The zero-order chi connectivity index (χ0) is 44.5. The molecule has 350 valence electrons. The Hall–Kier alpha value is -2.38. The van der Waals surface area contributed by atoms with Crippen LogP contribution >= 0.6 is 7.82 Å². The normalized spacial score (nSPS) is 15.0. The van der Waals surface area contributed by atoms with Crippen LogP contribution in [0.4, 0.5) is 0 Å². The summed E-state index contributed by atoms with van der Waals surface area (Å²) in [5.41, 5.74) is 5.32. The first-order valence-corrected chi connectivity index (χ1v) is 24.7. The molecule has 0 bridgehead atoms. The summed E-state index contributed by atoms with van der Waals surface area (Å²) < 4.78 is 32.6. The minimum Gasteiger partial charge on any atom is -0.480 e. The van der Waals surface area contributed by atoms with Crippen LogP contribution in [-0.4, -0.2) is 82.3 Å². The van der Waals surface area contributed by atoms with E-state index in [1.807, 2.05) is 12.2 Å². The van der Waals surface area contributed by atoms with Gasteiger partial charge in [-0.05, 0) is 51.4 Å². The lowest BCUT2D eigenvalue weighted by Crippen LogP contribution is -2.34. The molecule has 6 N–H and O–H groups in total. The lowest BCUT2D eigenvalue weighted by molar-refractivity contribution is -0.161. The highest BCUT2D eigenvalue weighted by atomic mass is 31.2. The van der Waals surface area contributed by atoms with E-state index in [-0.39, 0.29) is 32.1 Å². The van der Waals surface area contributed by atoms with Crippen molar-refractivity contribution >= 4 is 25.7 Å². The number of rotatable bonds is 43. The number of carbonyl (C=O) groups excluding carboxylic acids is 2. The second kappa shape index (κ2) is 40.7. The van der Waals surface area contributed by atoms with Crippen LogP contribution in [0.3, 0.4) is 0 Å². The molecule has 0 amide bonds. The molecule has 0 aliphatic carbocycles. The number of nitrogens with two attached hydrogens (primary N) is 1. The summed E-state index contributed by atoms with van der Waals surface area (Å²) in [7, 11) is -4.78. The fourth-order valence-corrected chi connectivity index (χ4v) is 7.06. The van der Waals surface area contributed by atoms with Crippen molar-refractivity contribution in [1.82, 2.24) is 0 Å². The number of carbonyl (C=O) groups is 3. The van der Waals surface area contributed by atoms with Gasteiger partial charge in [-0.15, -0.1) is 0 Å². The van der Waals surface area contributed by atoms with Crippen LogP contribution in [0, 0.1) is 0 Å². The van der Waals surface area contributed by atoms with Gasteiger partial charge < -0.3 is 35.4 Å². The SMILES string of the molecule is CCCCC/C=C\C/C=C\C/C=C\CC(O)C(O)CCCC(=O)OC[C@H](COP(=O)(O)OC[C@H](N)C(=O)O)OC(=O)CCCCCCCCCCCCCCCCCCC. The first kappa shape index (κ1) is 57.6. The molecule has 0 aliphatic rings. The summed E-state index contributed by atoms with van der Waals surface area (Å²) in [5.74, 6) is -2.69. The fraction of sp³-hybridized carbons (Fsp3) is 0.804. The number of aliphatic hydroxyl groups is 2. The number of aliphatic carboxylic acids is 1. The Morgan fingerprint density at radius 3 is 1.60 bits per heavy atom. The predicted molar refractivity (Wildman–Crippen MR) is 238 cm³/mol. The van der Waals surface area contributed by atoms with Crippen LogP contribution in [0.2, 0.25) is 0 Å². The maximum Gasteiger partial charge on any atom is 0.472 e. The monoisotopic (exact) mass is 874 g/mol.